The third-order valence-electron chi connectivity index (χ3n) is 12.7. The van der Waals surface area contributed by atoms with E-state index in [1.54, 1.807) is 0 Å². The van der Waals surface area contributed by atoms with E-state index < -0.39 is 10.8 Å². The first-order chi connectivity index (χ1) is 26.8. The molecule has 0 saturated carbocycles. The van der Waals surface area contributed by atoms with E-state index in [9.17, 15) is 0 Å². The zero-order chi connectivity index (χ0) is 35.4. The van der Waals surface area contributed by atoms with Gasteiger partial charge in [0.05, 0.1) is 10.8 Å². The van der Waals surface area contributed by atoms with Crippen LogP contribution >= 0.6 is 0 Å². The molecular weight excluding hydrogens is 649 g/mol. The molecule has 0 aromatic heterocycles. The minimum Gasteiger partial charge on any atom is -0.0622 e. The van der Waals surface area contributed by atoms with Crippen LogP contribution in [0.3, 0.4) is 0 Å². The molecule has 0 aliphatic heterocycles. The molecule has 250 valence electrons. The van der Waals surface area contributed by atoms with Crippen molar-refractivity contribution in [2.75, 3.05) is 0 Å². The maximum atomic E-state index is 2.44. The molecule has 0 unspecified atom stereocenters. The highest BCUT2D eigenvalue weighted by molar-refractivity contribution is 6.29. The average Bonchev–Trinajstić information content (AvgIpc) is 3.26. The average molecular weight is 683 g/mol. The van der Waals surface area contributed by atoms with Gasteiger partial charge in [-0.05, 0) is 98.7 Å². The smallest absolute Gasteiger partial charge is 0.0622 e. The summed E-state index contributed by atoms with van der Waals surface area (Å²) in [6.45, 7) is 0. The lowest BCUT2D eigenvalue weighted by Crippen LogP contribution is -2.39. The van der Waals surface area contributed by atoms with E-state index in [1.165, 1.54) is 98.7 Å². The van der Waals surface area contributed by atoms with Crippen LogP contribution in [0.4, 0.5) is 0 Å². The van der Waals surface area contributed by atoms with Gasteiger partial charge in [-0.1, -0.05) is 206 Å². The van der Waals surface area contributed by atoms with Gasteiger partial charge >= 0.3 is 0 Å². The SMILES string of the molecule is c1ccc(C2(c3ccccc3)c3c4c5c(cccc5c5ccccc35)C(c3ccccc3)(c3ccccc3)c3c-4c4c2cccc4c2ccccc32)cc1. The maximum absolute atomic E-state index is 2.44. The second-order valence-electron chi connectivity index (χ2n) is 15.0. The zero-order valence-corrected chi connectivity index (χ0v) is 29.6. The van der Waals surface area contributed by atoms with E-state index in [0.29, 0.717) is 0 Å². The highest BCUT2D eigenvalue weighted by Gasteiger charge is 2.53. The Bertz CT molecular complexity index is 2830. The summed E-state index contributed by atoms with van der Waals surface area (Å²) in [5, 5.41) is 10.5. The topological polar surface area (TPSA) is 0 Å². The summed E-state index contributed by atoms with van der Waals surface area (Å²) in [4.78, 5) is 0. The van der Waals surface area contributed by atoms with Gasteiger partial charge in [0.1, 0.15) is 0 Å². The van der Waals surface area contributed by atoms with Gasteiger partial charge in [-0.2, -0.15) is 0 Å². The van der Waals surface area contributed by atoms with Gasteiger partial charge in [0, 0.05) is 0 Å². The molecule has 0 saturated heterocycles. The normalized spacial score (nSPS) is 14.6. The fourth-order valence-electron chi connectivity index (χ4n) is 10.9. The lowest BCUT2D eigenvalue weighted by Gasteiger charge is -2.49. The fourth-order valence-corrected chi connectivity index (χ4v) is 10.9. The quantitative estimate of drug-likeness (QED) is 0.162. The lowest BCUT2D eigenvalue weighted by atomic mass is 9.52. The van der Waals surface area contributed by atoms with Crippen LogP contribution in [-0.2, 0) is 10.8 Å². The number of benzene rings is 10. The monoisotopic (exact) mass is 682 g/mol. The van der Waals surface area contributed by atoms with Gasteiger partial charge in [0.25, 0.3) is 0 Å². The predicted molar refractivity (Wildman–Crippen MR) is 226 cm³/mol. The Morgan fingerprint density at radius 2 is 0.500 bits per heavy atom. The maximum Gasteiger partial charge on any atom is 0.0720 e. The van der Waals surface area contributed by atoms with Gasteiger partial charge in [-0.15, -0.1) is 0 Å². The van der Waals surface area contributed by atoms with Crippen LogP contribution in [0.15, 0.2) is 206 Å². The highest BCUT2D eigenvalue weighted by atomic mass is 14.5. The molecule has 0 bridgehead atoms. The fraction of sp³-hybridized carbons (Fsp3) is 0.0370. The predicted octanol–water partition coefficient (Wildman–Crippen LogP) is 13.4. The molecule has 0 radical (unpaired) electrons. The van der Waals surface area contributed by atoms with Gasteiger partial charge in [0.15, 0.2) is 0 Å². The summed E-state index contributed by atoms with van der Waals surface area (Å²) in [5.41, 5.74) is 12.1. The molecule has 0 spiro atoms. The van der Waals surface area contributed by atoms with Crippen LogP contribution in [0.5, 0.6) is 0 Å². The molecule has 10 aromatic rings. The molecule has 0 heteroatoms. The summed E-state index contributed by atoms with van der Waals surface area (Å²) in [6, 6.07) is 77.9. The van der Waals surface area contributed by atoms with E-state index in [2.05, 4.69) is 206 Å². The summed E-state index contributed by atoms with van der Waals surface area (Å²) < 4.78 is 0. The molecular formula is C54H34. The Morgan fingerprint density at radius 3 is 0.833 bits per heavy atom. The molecule has 2 aliphatic rings. The molecule has 2 aliphatic carbocycles. The van der Waals surface area contributed by atoms with Crippen molar-refractivity contribution < 1.29 is 0 Å². The van der Waals surface area contributed by atoms with Crippen molar-refractivity contribution in [3.05, 3.63) is 251 Å². The van der Waals surface area contributed by atoms with Gasteiger partial charge in [-0.25, -0.2) is 0 Å². The number of hydrogen-bond donors (Lipinski definition) is 0. The number of fused-ring (bicyclic) bond motifs is 6. The highest BCUT2D eigenvalue weighted by Crippen LogP contribution is 2.66. The van der Waals surface area contributed by atoms with Crippen LogP contribution < -0.4 is 0 Å². The van der Waals surface area contributed by atoms with E-state index in [-0.39, 0.29) is 0 Å². The number of hydrogen-bond acceptors (Lipinski definition) is 0. The molecule has 12 rings (SSSR count). The first-order valence-corrected chi connectivity index (χ1v) is 19.0. The van der Waals surface area contributed by atoms with Crippen molar-refractivity contribution >= 4 is 43.1 Å². The Hall–Kier alpha value is -6.76. The Balaban J connectivity index is 1.49. The molecule has 0 fully saturated rings. The van der Waals surface area contributed by atoms with Crippen LogP contribution in [-0.4, -0.2) is 0 Å². The van der Waals surface area contributed by atoms with Gasteiger partial charge < -0.3 is 0 Å². The summed E-state index contributed by atoms with van der Waals surface area (Å²) in [6.07, 6.45) is 0. The van der Waals surface area contributed by atoms with Gasteiger partial charge in [0.2, 0.25) is 0 Å². The molecule has 0 heterocycles. The third kappa shape index (κ3) is 3.49. The van der Waals surface area contributed by atoms with Crippen molar-refractivity contribution in [1.82, 2.24) is 0 Å². The molecule has 0 amide bonds. The molecule has 0 atom stereocenters. The minimum absolute atomic E-state index is 0.593. The van der Waals surface area contributed by atoms with Crippen molar-refractivity contribution in [2.24, 2.45) is 0 Å². The Labute approximate surface area is 314 Å². The van der Waals surface area contributed by atoms with Crippen molar-refractivity contribution in [2.45, 2.75) is 10.8 Å². The van der Waals surface area contributed by atoms with Crippen LogP contribution in [0.1, 0.15) is 44.5 Å². The summed E-state index contributed by atoms with van der Waals surface area (Å²) in [7, 11) is 0. The zero-order valence-electron chi connectivity index (χ0n) is 29.6. The van der Waals surface area contributed by atoms with E-state index in [1.807, 2.05) is 0 Å². The first-order valence-electron chi connectivity index (χ1n) is 19.0. The second kappa shape index (κ2) is 10.9. The molecule has 54 heavy (non-hydrogen) atoms. The van der Waals surface area contributed by atoms with Crippen molar-refractivity contribution in [1.29, 1.82) is 0 Å². The Kier molecular flexibility index (Phi) is 6.00. The Morgan fingerprint density at radius 1 is 0.222 bits per heavy atom. The summed E-state index contributed by atoms with van der Waals surface area (Å²) >= 11 is 0. The second-order valence-corrected chi connectivity index (χ2v) is 15.0. The van der Waals surface area contributed by atoms with E-state index in [0.717, 1.165) is 0 Å². The van der Waals surface area contributed by atoms with Gasteiger partial charge in [-0.3, -0.25) is 0 Å². The molecule has 0 N–H and O–H groups in total. The van der Waals surface area contributed by atoms with E-state index in [4.69, 9.17) is 0 Å². The number of rotatable bonds is 4. The van der Waals surface area contributed by atoms with Crippen molar-refractivity contribution in [3.8, 4) is 11.1 Å². The van der Waals surface area contributed by atoms with Crippen LogP contribution in [0.25, 0.3) is 54.2 Å². The van der Waals surface area contributed by atoms with Crippen LogP contribution in [0, 0.1) is 0 Å². The first kappa shape index (κ1) is 29.8. The van der Waals surface area contributed by atoms with Crippen LogP contribution in [0.2, 0.25) is 0 Å². The van der Waals surface area contributed by atoms with Crippen molar-refractivity contribution in [3.63, 3.8) is 0 Å². The molecule has 0 nitrogen and oxygen atoms in total. The third-order valence-corrected chi connectivity index (χ3v) is 12.7. The van der Waals surface area contributed by atoms with E-state index >= 15 is 0 Å². The lowest BCUT2D eigenvalue weighted by molar-refractivity contribution is 0.737. The molecule has 10 aromatic carbocycles. The summed E-state index contributed by atoms with van der Waals surface area (Å²) in [5.74, 6) is 0. The minimum atomic E-state index is -0.593. The standard InChI is InChI=1S/C54H34/c1-5-19-35(20-6-1)53(36-21-7-2-8-22-36)45-33-17-31-41-40-28-14-16-30-44(40)52-50(47(41)45)49-48-42(39-27-13-15-29-43(39)51(49)53)32-18-34-46(48)54(52,37-23-9-3-10-24-37)38-25-11-4-12-26-38/h1-34H. The largest absolute Gasteiger partial charge is 0.0720 e.